The number of hydrogen-bond donors (Lipinski definition) is 3. The summed E-state index contributed by atoms with van der Waals surface area (Å²) in [5, 5.41) is 24.3. The van der Waals surface area contributed by atoms with Crippen LogP contribution in [0.15, 0.2) is 12.7 Å². The molecule has 4 N–H and O–H groups in total. The van der Waals surface area contributed by atoms with Gasteiger partial charge in [-0.1, -0.05) is 26.8 Å². The maximum atomic E-state index is 13.9. The van der Waals surface area contributed by atoms with Gasteiger partial charge in [0.15, 0.2) is 17.5 Å². The summed E-state index contributed by atoms with van der Waals surface area (Å²) in [6.07, 6.45) is -1.50. The van der Waals surface area contributed by atoms with Crippen molar-refractivity contribution in [1.29, 1.82) is 0 Å². The molecule has 1 unspecified atom stereocenters. The van der Waals surface area contributed by atoms with Gasteiger partial charge in [0.25, 0.3) is 0 Å². The van der Waals surface area contributed by atoms with E-state index in [1.165, 1.54) is 26.8 Å². The molecular weight excluding hydrogens is 442 g/mol. The first kappa shape index (κ1) is 26.8. The summed E-state index contributed by atoms with van der Waals surface area (Å²) in [5.41, 5.74) is -1.66. The van der Waals surface area contributed by atoms with Crippen LogP contribution in [-0.4, -0.2) is 69.1 Å². The number of hydrogen-bond acceptors (Lipinski definition) is 9. The third-order valence-electron chi connectivity index (χ3n) is 8.62. The molecule has 0 amide bonds. The van der Waals surface area contributed by atoms with Crippen LogP contribution in [0.3, 0.4) is 0 Å². The summed E-state index contributed by atoms with van der Waals surface area (Å²) >= 11 is 0. The SMILES string of the molecule is C=C[C@@]1(C)CC(=O)[C@]2(O)[C@@]3(C)[C@@H](OC(=O)C(C)N)CCC(C)(C)[C@@H]3[C@H](O)[C@H](OC(C)=O)[C@@]2(C)O1. The molecule has 34 heavy (non-hydrogen) atoms. The molecule has 0 radical (unpaired) electrons. The Morgan fingerprint density at radius 1 is 1.24 bits per heavy atom. The first-order valence-electron chi connectivity index (χ1n) is 11.8. The number of rotatable bonds is 4. The van der Waals surface area contributed by atoms with Crippen molar-refractivity contribution >= 4 is 17.7 Å². The second-order valence-corrected chi connectivity index (χ2v) is 11.6. The lowest BCUT2D eigenvalue weighted by atomic mass is 9.39. The molecule has 1 heterocycles. The number of carbonyl (C=O) groups is 3. The number of aliphatic hydroxyl groups excluding tert-OH is 1. The predicted molar refractivity (Wildman–Crippen MR) is 122 cm³/mol. The van der Waals surface area contributed by atoms with Gasteiger partial charge in [-0.05, 0) is 39.0 Å². The lowest BCUT2D eigenvalue weighted by molar-refractivity contribution is -0.370. The number of ketones is 1. The Kier molecular flexibility index (Phi) is 6.39. The van der Waals surface area contributed by atoms with Crippen molar-refractivity contribution in [3.05, 3.63) is 12.7 Å². The average Bonchev–Trinajstić information content (AvgIpc) is 2.70. The van der Waals surface area contributed by atoms with E-state index in [0.717, 1.165) is 0 Å². The molecule has 3 fully saturated rings. The lowest BCUT2D eigenvalue weighted by Crippen LogP contribution is -2.87. The summed E-state index contributed by atoms with van der Waals surface area (Å²) in [4.78, 5) is 38.6. The molecule has 2 aliphatic carbocycles. The molecule has 2 saturated carbocycles. The minimum Gasteiger partial charge on any atom is -0.460 e. The molecule has 0 aromatic carbocycles. The van der Waals surface area contributed by atoms with Gasteiger partial charge in [-0.2, -0.15) is 0 Å². The van der Waals surface area contributed by atoms with Crippen molar-refractivity contribution in [2.45, 2.75) is 109 Å². The van der Waals surface area contributed by atoms with Gasteiger partial charge in [-0.3, -0.25) is 14.4 Å². The summed E-state index contributed by atoms with van der Waals surface area (Å²) in [5.74, 6) is -2.71. The molecule has 1 aliphatic heterocycles. The molecule has 9 nitrogen and oxygen atoms in total. The monoisotopic (exact) mass is 481 g/mol. The van der Waals surface area contributed by atoms with Gasteiger partial charge in [0.1, 0.15) is 17.7 Å². The van der Waals surface area contributed by atoms with Crippen LogP contribution in [0.25, 0.3) is 0 Å². The van der Waals surface area contributed by atoms with E-state index < -0.39 is 75.6 Å². The van der Waals surface area contributed by atoms with Gasteiger partial charge in [-0.25, -0.2) is 0 Å². The smallest absolute Gasteiger partial charge is 0.322 e. The summed E-state index contributed by atoms with van der Waals surface area (Å²) in [6.45, 7) is 15.1. The van der Waals surface area contributed by atoms with Crippen molar-refractivity contribution in [1.82, 2.24) is 0 Å². The Morgan fingerprint density at radius 2 is 1.82 bits per heavy atom. The van der Waals surface area contributed by atoms with Crippen LogP contribution in [0.4, 0.5) is 0 Å². The van der Waals surface area contributed by atoms with Gasteiger partial charge >= 0.3 is 11.9 Å². The molecule has 9 heteroatoms. The normalized spacial score (nSPS) is 46.5. The predicted octanol–water partition coefficient (Wildman–Crippen LogP) is 1.42. The van der Waals surface area contributed by atoms with Crippen LogP contribution < -0.4 is 5.73 Å². The molecule has 0 bridgehead atoms. The first-order chi connectivity index (χ1) is 15.4. The fourth-order valence-corrected chi connectivity index (χ4v) is 7.07. The Hall–Kier alpha value is -1.81. The minimum atomic E-state index is -2.27. The van der Waals surface area contributed by atoms with Crippen molar-refractivity contribution in [2.24, 2.45) is 22.5 Å². The highest BCUT2D eigenvalue weighted by molar-refractivity contribution is 5.92. The highest BCUT2D eigenvalue weighted by atomic mass is 16.6. The van der Waals surface area contributed by atoms with Crippen LogP contribution in [0.5, 0.6) is 0 Å². The molecule has 0 spiro atoms. The molecule has 1 saturated heterocycles. The van der Waals surface area contributed by atoms with E-state index in [4.69, 9.17) is 19.9 Å². The zero-order valence-electron chi connectivity index (χ0n) is 21.2. The van der Waals surface area contributed by atoms with Gasteiger partial charge < -0.3 is 30.2 Å². The molecule has 3 rings (SSSR count). The van der Waals surface area contributed by atoms with Gasteiger partial charge in [0.05, 0.1) is 11.7 Å². The Labute approximate surface area is 201 Å². The number of carbonyl (C=O) groups excluding carboxylic acids is 3. The molecule has 9 atom stereocenters. The quantitative estimate of drug-likeness (QED) is 0.401. The largest absolute Gasteiger partial charge is 0.460 e. The third kappa shape index (κ3) is 3.46. The third-order valence-corrected chi connectivity index (χ3v) is 8.62. The second kappa shape index (κ2) is 8.11. The van der Waals surface area contributed by atoms with Crippen molar-refractivity contribution < 1.29 is 38.8 Å². The van der Waals surface area contributed by atoms with Gasteiger partial charge in [0, 0.05) is 24.7 Å². The van der Waals surface area contributed by atoms with E-state index in [9.17, 15) is 24.6 Å². The van der Waals surface area contributed by atoms with Crippen molar-refractivity contribution in [3.8, 4) is 0 Å². The highest BCUT2D eigenvalue weighted by Gasteiger charge is 2.82. The topological polar surface area (TPSA) is 145 Å². The van der Waals surface area contributed by atoms with E-state index >= 15 is 0 Å². The van der Waals surface area contributed by atoms with E-state index in [-0.39, 0.29) is 6.42 Å². The maximum Gasteiger partial charge on any atom is 0.322 e. The standard InChI is InChI=1S/C25H39NO8/c1-9-22(6)12-15(28)25(31)23(7)16(33-20(30)13(2)26)10-11-21(4,5)18(23)17(29)19(32-14(3)27)24(25,8)34-22/h9,13,16-19,29,31H,1,10-12,26H2,2-8H3/t13?,16-,17-,18-,19-,22-,23-,24+,25-/m0/s1. The number of esters is 2. The first-order valence-corrected chi connectivity index (χ1v) is 11.8. The zero-order chi connectivity index (χ0) is 26.1. The van der Waals surface area contributed by atoms with Crippen LogP contribution in [0, 0.1) is 16.7 Å². The number of ether oxygens (including phenoxy) is 3. The zero-order valence-corrected chi connectivity index (χ0v) is 21.2. The highest BCUT2D eigenvalue weighted by Crippen LogP contribution is 2.67. The lowest BCUT2D eigenvalue weighted by Gasteiger charge is -2.71. The summed E-state index contributed by atoms with van der Waals surface area (Å²) < 4.78 is 17.7. The Morgan fingerprint density at radius 3 is 2.32 bits per heavy atom. The van der Waals surface area contributed by atoms with Crippen molar-refractivity contribution in [2.75, 3.05) is 0 Å². The van der Waals surface area contributed by atoms with Crippen LogP contribution in [-0.2, 0) is 28.6 Å². The van der Waals surface area contributed by atoms with Gasteiger partial charge in [-0.15, -0.1) is 6.58 Å². The maximum absolute atomic E-state index is 13.9. The molecule has 3 aliphatic rings. The summed E-state index contributed by atoms with van der Waals surface area (Å²) in [7, 11) is 0. The van der Waals surface area contributed by atoms with Crippen LogP contribution >= 0.6 is 0 Å². The number of fused-ring (bicyclic) bond motifs is 3. The van der Waals surface area contributed by atoms with Crippen molar-refractivity contribution in [3.63, 3.8) is 0 Å². The number of nitrogens with two attached hydrogens (primary N) is 1. The molecule has 0 aromatic rings. The Balaban J connectivity index is 2.32. The minimum absolute atomic E-state index is 0.192. The Bertz CT molecular complexity index is 901. The number of aliphatic hydroxyl groups is 2. The van der Waals surface area contributed by atoms with E-state index in [1.54, 1.807) is 13.8 Å². The fourth-order valence-electron chi connectivity index (χ4n) is 7.07. The fraction of sp³-hybridized carbons (Fsp3) is 0.800. The second-order valence-electron chi connectivity index (χ2n) is 11.6. The average molecular weight is 482 g/mol. The van der Waals surface area contributed by atoms with E-state index in [1.807, 2.05) is 13.8 Å². The van der Waals surface area contributed by atoms with Gasteiger partial charge in [0.2, 0.25) is 0 Å². The van der Waals surface area contributed by atoms with Crippen LogP contribution in [0.1, 0.15) is 67.7 Å². The number of Topliss-reactive ketones (excluding diaryl/α,β-unsaturated/α-hetero) is 1. The van der Waals surface area contributed by atoms with E-state index in [2.05, 4.69) is 6.58 Å². The van der Waals surface area contributed by atoms with E-state index in [0.29, 0.717) is 12.8 Å². The molecule has 0 aromatic heterocycles. The molecule has 192 valence electrons. The summed E-state index contributed by atoms with van der Waals surface area (Å²) in [6, 6.07) is -0.914. The van der Waals surface area contributed by atoms with Crippen LogP contribution in [0.2, 0.25) is 0 Å². The molecular formula is C25H39NO8.